The van der Waals surface area contributed by atoms with Crippen molar-refractivity contribution in [1.82, 2.24) is 29.4 Å². The minimum atomic E-state index is -0.695. The summed E-state index contributed by atoms with van der Waals surface area (Å²) in [5.74, 6) is 1.86. The van der Waals surface area contributed by atoms with E-state index in [-0.39, 0.29) is 6.61 Å². The summed E-state index contributed by atoms with van der Waals surface area (Å²) in [5.41, 5.74) is 3.67. The Kier molecular flexibility index (Phi) is 5.83. The SMILES string of the molecule is C[C@H]1CC[C@H](n2c3cnccc3c3cnc(Nc4ccc5c(n4)[C@@H](O)CN(CCO)C5)nc32)CC1. The maximum Gasteiger partial charge on any atom is 0.230 e. The molecule has 1 atom stereocenters. The van der Waals surface area contributed by atoms with Gasteiger partial charge in [0.2, 0.25) is 5.95 Å². The van der Waals surface area contributed by atoms with Crippen molar-refractivity contribution in [2.45, 2.75) is 51.3 Å². The molecule has 9 heteroatoms. The fraction of sp³-hybridized carbons (Fsp3) is 0.462. The van der Waals surface area contributed by atoms with Crippen molar-refractivity contribution < 1.29 is 10.2 Å². The van der Waals surface area contributed by atoms with E-state index in [1.807, 2.05) is 41.7 Å². The van der Waals surface area contributed by atoms with Gasteiger partial charge in [0.25, 0.3) is 0 Å². The summed E-state index contributed by atoms with van der Waals surface area (Å²) in [5, 5.41) is 25.3. The maximum atomic E-state index is 10.6. The third-order valence-corrected chi connectivity index (χ3v) is 7.51. The molecule has 0 aromatic carbocycles. The summed E-state index contributed by atoms with van der Waals surface area (Å²) >= 11 is 0. The zero-order chi connectivity index (χ0) is 23.9. The van der Waals surface area contributed by atoms with Crippen LogP contribution < -0.4 is 5.32 Å². The molecule has 0 amide bonds. The Labute approximate surface area is 203 Å². The van der Waals surface area contributed by atoms with Crippen molar-refractivity contribution in [3.05, 3.63) is 48.0 Å². The first-order valence-corrected chi connectivity index (χ1v) is 12.5. The van der Waals surface area contributed by atoms with Crippen LogP contribution in [0.5, 0.6) is 0 Å². The molecule has 0 spiro atoms. The molecular weight excluding hydrogens is 442 g/mol. The number of nitrogens with zero attached hydrogens (tertiary/aromatic N) is 6. The van der Waals surface area contributed by atoms with Crippen molar-refractivity contribution in [1.29, 1.82) is 0 Å². The molecule has 6 rings (SSSR count). The molecule has 0 unspecified atom stereocenters. The van der Waals surface area contributed by atoms with Gasteiger partial charge in [-0.25, -0.2) is 9.97 Å². The maximum absolute atomic E-state index is 10.6. The lowest BCUT2D eigenvalue weighted by atomic mass is 9.87. The molecule has 4 aromatic rings. The van der Waals surface area contributed by atoms with Gasteiger partial charge in [-0.05, 0) is 49.3 Å². The van der Waals surface area contributed by atoms with Crippen LogP contribution in [0.4, 0.5) is 11.8 Å². The van der Waals surface area contributed by atoms with E-state index >= 15 is 0 Å². The quantitative estimate of drug-likeness (QED) is 0.402. The number of aliphatic hydroxyl groups excluding tert-OH is 2. The average molecular weight is 474 g/mol. The van der Waals surface area contributed by atoms with Gasteiger partial charge in [0.15, 0.2) is 0 Å². The smallest absolute Gasteiger partial charge is 0.230 e. The number of fused-ring (bicyclic) bond motifs is 4. The molecule has 0 radical (unpaired) electrons. The lowest BCUT2D eigenvalue weighted by Gasteiger charge is -2.31. The number of aromatic nitrogens is 5. The Balaban J connectivity index is 1.35. The zero-order valence-electron chi connectivity index (χ0n) is 19.9. The summed E-state index contributed by atoms with van der Waals surface area (Å²) in [6, 6.07) is 6.31. The number of aliphatic hydroxyl groups is 2. The predicted octanol–water partition coefficient (Wildman–Crippen LogP) is 3.71. The van der Waals surface area contributed by atoms with E-state index in [1.165, 1.54) is 12.8 Å². The summed E-state index contributed by atoms with van der Waals surface area (Å²) in [4.78, 5) is 20.6. The van der Waals surface area contributed by atoms with E-state index in [1.54, 1.807) is 0 Å². The van der Waals surface area contributed by atoms with Gasteiger partial charge in [-0.3, -0.25) is 9.88 Å². The molecule has 0 saturated heterocycles. The van der Waals surface area contributed by atoms with Crippen LogP contribution in [0, 0.1) is 5.92 Å². The van der Waals surface area contributed by atoms with E-state index in [0.717, 1.165) is 46.3 Å². The molecule has 3 N–H and O–H groups in total. The topological polar surface area (TPSA) is 112 Å². The average Bonchev–Trinajstić information content (AvgIpc) is 3.19. The summed E-state index contributed by atoms with van der Waals surface area (Å²) in [6.45, 7) is 4.06. The fourth-order valence-corrected chi connectivity index (χ4v) is 5.66. The molecule has 9 nitrogen and oxygen atoms in total. The standard InChI is InChI=1S/C26H31N7O2/c1-16-2-5-18(6-3-16)33-21-13-27-9-8-19(21)20-12-28-26(31-25(20)33)30-23-7-4-17-14-32(10-11-34)15-22(35)24(17)29-23/h4,7-9,12-13,16,18,22,34-35H,2-3,5-6,10-11,14-15H2,1H3,(H,28,29,30,31)/t16-,18-,22-/m0/s1. The molecule has 1 saturated carbocycles. The van der Waals surface area contributed by atoms with Gasteiger partial charge in [-0.15, -0.1) is 0 Å². The molecule has 182 valence electrons. The van der Waals surface area contributed by atoms with Gasteiger partial charge < -0.3 is 20.1 Å². The van der Waals surface area contributed by atoms with Gasteiger partial charge in [-0.1, -0.05) is 13.0 Å². The highest BCUT2D eigenvalue weighted by molar-refractivity contribution is 6.06. The third kappa shape index (κ3) is 4.13. The van der Waals surface area contributed by atoms with Crippen molar-refractivity contribution in [3.8, 4) is 0 Å². The monoisotopic (exact) mass is 473 g/mol. The number of hydrogen-bond acceptors (Lipinski definition) is 8. The molecule has 4 aromatic heterocycles. The number of nitrogens with one attached hydrogen (secondary N) is 1. The first-order valence-electron chi connectivity index (χ1n) is 12.5. The molecule has 2 aliphatic rings. The summed E-state index contributed by atoms with van der Waals surface area (Å²) in [6.07, 6.45) is 9.67. The van der Waals surface area contributed by atoms with Crippen LogP contribution in [0.3, 0.4) is 0 Å². The van der Waals surface area contributed by atoms with Gasteiger partial charge in [0.05, 0.1) is 24.0 Å². The van der Waals surface area contributed by atoms with E-state index in [2.05, 4.69) is 31.8 Å². The highest BCUT2D eigenvalue weighted by atomic mass is 16.3. The van der Waals surface area contributed by atoms with Crippen molar-refractivity contribution in [3.63, 3.8) is 0 Å². The molecule has 1 aliphatic heterocycles. The fourth-order valence-electron chi connectivity index (χ4n) is 5.66. The van der Waals surface area contributed by atoms with Crippen LogP contribution >= 0.6 is 0 Å². The normalized spacial score (nSPS) is 23.0. The van der Waals surface area contributed by atoms with E-state index < -0.39 is 6.10 Å². The van der Waals surface area contributed by atoms with Crippen LogP contribution in [0.25, 0.3) is 21.9 Å². The predicted molar refractivity (Wildman–Crippen MR) is 134 cm³/mol. The largest absolute Gasteiger partial charge is 0.395 e. The second kappa shape index (κ2) is 9.14. The zero-order valence-corrected chi connectivity index (χ0v) is 19.9. The van der Waals surface area contributed by atoms with Gasteiger partial charge in [0, 0.05) is 48.8 Å². The summed E-state index contributed by atoms with van der Waals surface area (Å²) in [7, 11) is 0. The number of hydrogen-bond donors (Lipinski definition) is 3. The Morgan fingerprint density at radius 2 is 1.91 bits per heavy atom. The minimum Gasteiger partial charge on any atom is -0.395 e. The van der Waals surface area contributed by atoms with Crippen LogP contribution in [0.1, 0.15) is 56.0 Å². The van der Waals surface area contributed by atoms with Gasteiger partial charge in [-0.2, -0.15) is 4.98 Å². The highest BCUT2D eigenvalue weighted by Gasteiger charge is 2.26. The second-order valence-corrected chi connectivity index (χ2v) is 9.95. The van der Waals surface area contributed by atoms with Crippen LogP contribution in [-0.4, -0.2) is 59.3 Å². The Morgan fingerprint density at radius 3 is 2.74 bits per heavy atom. The minimum absolute atomic E-state index is 0.0711. The van der Waals surface area contributed by atoms with Crippen molar-refractivity contribution >= 4 is 33.7 Å². The molecule has 1 aliphatic carbocycles. The number of anilines is 2. The number of rotatable bonds is 5. The molecule has 1 fully saturated rings. The Morgan fingerprint density at radius 1 is 1.06 bits per heavy atom. The molecule has 0 bridgehead atoms. The lowest BCUT2D eigenvalue weighted by Crippen LogP contribution is -2.36. The van der Waals surface area contributed by atoms with E-state index in [4.69, 9.17) is 4.98 Å². The third-order valence-electron chi connectivity index (χ3n) is 7.51. The van der Waals surface area contributed by atoms with Crippen LogP contribution in [-0.2, 0) is 6.54 Å². The van der Waals surface area contributed by atoms with Crippen LogP contribution in [0.2, 0.25) is 0 Å². The Bertz CT molecular complexity index is 1360. The van der Waals surface area contributed by atoms with Gasteiger partial charge >= 0.3 is 0 Å². The lowest BCUT2D eigenvalue weighted by molar-refractivity contribution is 0.0771. The molecule has 5 heterocycles. The first kappa shape index (κ1) is 22.3. The molecule has 35 heavy (non-hydrogen) atoms. The number of pyridine rings is 2. The summed E-state index contributed by atoms with van der Waals surface area (Å²) < 4.78 is 2.36. The first-order chi connectivity index (χ1) is 17.1. The van der Waals surface area contributed by atoms with Crippen molar-refractivity contribution in [2.75, 3.05) is 25.0 Å². The molecular formula is C26H31N7O2. The van der Waals surface area contributed by atoms with E-state index in [0.29, 0.717) is 43.1 Å². The van der Waals surface area contributed by atoms with Gasteiger partial charge in [0.1, 0.15) is 17.6 Å². The van der Waals surface area contributed by atoms with Crippen LogP contribution in [0.15, 0.2) is 36.8 Å². The Hall–Kier alpha value is -3.14. The second-order valence-electron chi connectivity index (χ2n) is 9.95. The van der Waals surface area contributed by atoms with E-state index in [9.17, 15) is 10.2 Å². The number of β-amino-alcohol motifs (C(OH)–C–C–N with tert-alkyl or cyclic N) is 2. The highest BCUT2D eigenvalue weighted by Crippen LogP contribution is 2.38. The van der Waals surface area contributed by atoms with Crippen molar-refractivity contribution in [2.24, 2.45) is 5.92 Å².